The van der Waals surface area contributed by atoms with E-state index < -0.39 is 0 Å². The molecular weight excluding hydrogens is 249 g/mol. The Morgan fingerprint density at radius 3 is 2.00 bits per heavy atom. The van der Waals surface area contributed by atoms with Crippen LogP contribution in [-0.4, -0.2) is 32.2 Å². The maximum Gasteiger partial charge on any atom is 0.0699 e. The Balaban J connectivity index is -0.000000249. The molecule has 0 aromatic heterocycles. The van der Waals surface area contributed by atoms with Crippen LogP contribution in [0.15, 0.2) is 0 Å². The first-order chi connectivity index (χ1) is 5.41. The van der Waals surface area contributed by atoms with Gasteiger partial charge >= 0.3 is 0 Å². The zero-order valence-electron chi connectivity index (χ0n) is 7.79. The molecule has 12 heavy (non-hydrogen) atoms. The van der Waals surface area contributed by atoms with E-state index in [0.29, 0.717) is 26.4 Å². The molecule has 0 N–H and O–H groups in total. The maximum absolute atomic E-state index is 5.06. The first kappa shape index (κ1) is 19.0. The molecule has 73 valence electrons. The van der Waals surface area contributed by atoms with Gasteiger partial charge in [-0.15, -0.1) is 0 Å². The van der Waals surface area contributed by atoms with Crippen molar-refractivity contribution in [3.05, 3.63) is 13.8 Å². The van der Waals surface area contributed by atoms with Crippen LogP contribution in [0.1, 0.15) is 6.92 Å². The van der Waals surface area contributed by atoms with Crippen LogP contribution in [0.3, 0.4) is 0 Å². The first-order valence-electron chi connectivity index (χ1n) is 3.68. The molecule has 0 aliphatic rings. The molecule has 1 radical (unpaired) electrons. The predicted molar refractivity (Wildman–Crippen MR) is 51.9 cm³/mol. The largest absolute Gasteiger partial charge is 0.411 e. The molecule has 0 heterocycles. The summed E-state index contributed by atoms with van der Waals surface area (Å²) in [7, 11) is 0. The Morgan fingerprint density at radius 2 is 1.58 bits per heavy atom. The zero-order valence-corrected chi connectivity index (χ0v) is 11.5. The van der Waals surface area contributed by atoms with Crippen molar-refractivity contribution in [2.75, 3.05) is 32.2 Å². The summed E-state index contributed by atoms with van der Waals surface area (Å²) in [6, 6.07) is 0. The van der Waals surface area contributed by atoms with E-state index in [4.69, 9.17) is 9.47 Å². The molecule has 0 aliphatic heterocycles. The van der Waals surface area contributed by atoms with Crippen molar-refractivity contribution in [1.29, 1.82) is 0 Å². The summed E-state index contributed by atoms with van der Waals surface area (Å²) in [4.78, 5) is 0. The van der Waals surface area contributed by atoms with Crippen LogP contribution < -0.4 is 0 Å². The fraction of sp³-hybridized carbons (Fsp3) is 0.750. The minimum absolute atomic E-state index is 0. The molecule has 0 spiro atoms. The summed E-state index contributed by atoms with van der Waals surface area (Å²) in [5.41, 5.74) is 0. The monoisotopic (exact) mass is 267 g/mol. The van der Waals surface area contributed by atoms with Crippen molar-refractivity contribution in [3.63, 3.8) is 0 Å². The Labute approximate surface area is 107 Å². The van der Waals surface area contributed by atoms with E-state index in [-0.39, 0.29) is 32.7 Å². The van der Waals surface area contributed by atoms with E-state index in [1.54, 1.807) is 6.92 Å². The molecule has 0 rings (SSSR count). The van der Waals surface area contributed by atoms with Crippen LogP contribution >= 0.6 is 12.6 Å². The molecule has 0 aromatic rings. The standard InChI is InChI=1S/C6H13O2S.C2H5.Y/c1-2-7-3-4-8-5-6-9;1-2;/h9H,1-6H2;1H2,2H3;/q2*-1;. The Morgan fingerprint density at radius 1 is 1.08 bits per heavy atom. The smallest absolute Gasteiger partial charge is 0.0699 e. The maximum atomic E-state index is 5.06. The topological polar surface area (TPSA) is 18.5 Å². The molecule has 0 fully saturated rings. The van der Waals surface area contributed by atoms with Crippen molar-refractivity contribution < 1.29 is 42.2 Å². The van der Waals surface area contributed by atoms with Crippen LogP contribution in [0.4, 0.5) is 0 Å². The molecule has 4 heteroatoms. The van der Waals surface area contributed by atoms with E-state index in [2.05, 4.69) is 26.5 Å². The molecular formula is C8H18O2SY-2. The molecule has 0 aliphatic carbocycles. The molecule has 0 atom stereocenters. The summed E-state index contributed by atoms with van der Waals surface area (Å²) >= 11 is 3.97. The van der Waals surface area contributed by atoms with Crippen molar-refractivity contribution >= 4 is 12.6 Å². The Bertz CT molecular complexity index is 50.3. The number of hydrogen-bond acceptors (Lipinski definition) is 3. The Hall–Kier alpha value is 1.37. The van der Waals surface area contributed by atoms with E-state index in [1.165, 1.54) is 0 Å². The van der Waals surface area contributed by atoms with Gasteiger partial charge in [0, 0.05) is 38.5 Å². The normalized spacial score (nSPS) is 8.00. The van der Waals surface area contributed by atoms with Crippen LogP contribution in [0.2, 0.25) is 0 Å². The van der Waals surface area contributed by atoms with Gasteiger partial charge in [-0.05, 0) is 0 Å². The third-order valence-corrected chi connectivity index (χ3v) is 0.935. The van der Waals surface area contributed by atoms with Crippen molar-refractivity contribution in [2.45, 2.75) is 6.92 Å². The van der Waals surface area contributed by atoms with Gasteiger partial charge in [0.15, 0.2) is 0 Å². The minimum Gasteiger partial charge on any atom is -0.411 e. The van der Waals surface area contributed by atoms with Crippen LogP contribution in [0.25, 0.3) is 0 Å². The molecule has 0 amide bonds. The first-order valence-corrected chi connectivity index (χ1v) is 4.31. The Kier molecular flexibility index (Phi) is 36.2. The summed E-state index contributed by atoms with van der Waals surface area (Å²) in [6.07, 6.45) is 0. The molecule has 0 saturated carbocycles. The van der Waals surface area contributed by atoms with Gasteiger partial charge in [-0.2, -0.15) is 19.6 Å². The summed E-state index contributed by atoms with van der Waals surface area (Å²) in [5, 5.41) is 0. The molecule has 0 unspecified atom stereocenters. The summed E-state index contributed by atoms with van der Waals surface area (Å²) in [6.45, 7) is 11.0. The van der Waals surface area contributed by atoms with Gasteiger partial charge in [-0.1, -0.05) is 6.61 Å². The van der Waals surface area contributed by atoms with Crippen molar-refractivity contribution in [2.24, 2.45) is 0 Å². The van der Waals surface area contributed by atoms with E-state index >= 15 is 0 Å². The average molecular weight is 267 g/mol. The van der Waals surface area contributed by atoms with Crippen molar-refractivity contribution in [3.8, 4) is 0 Å². The third kappa shape index (κ3) is 22.5. The number of thiol groups is 1. The van der Waals surface area contributed by atoms with E-state index in [1.807, 2.05) is 0 Å². The number of ether oxygens (including phenoxy) is 2. The second kappa shape index (κ2) is 22.8. The van der Waals surface area contributed by atoms with E-state index in [0.717, 1.165) is 5.75 Å². The van der Waals surface area contributed by atoms with Crippen LogP contribution in [-0.2, 0) is 42.2 Å². The van der Waals surface area contributed by atoms with E-state index in [9.17, 15) is 0 Å². The van der Waals surface area contributed by atoms with Gasteiger partial charge in [0.05, 0.1) is 19.8 Å². The molecule has 0 aromatic carbocycles. The quantitative estimate of drug-likeness (QED) is 0.448. The average Bonchev–Trinajstić information content (AvgIpc) is 2.08. The van der Waals surface area contributed by atoms with Gasteiger partial charge < -0.3 is 23.3 Å². The van der Waals surface area contributed by atoms with Gasteiger partial charge in [-0.25, -0.2) is 0 Å². The minimum atomic E-state index is 0. The third-order valence-electron chi connectivity index (χ3n) is 0.752. The zero-order chi connectivity index (χ0) is 8.95. The molecule has 0 bridgehead atoms. The molecule has 2 nitrogen and oxygen atoms in total. The van der Waals surface area contributed by atoms with Crippen LogP contribution in [0, 0.1) is 13.8 Å². The van der Waals surface area contributed by atoms with Gasteiger partial charge in [-0.3, -0.25) is 0 Å². The number of rotatable bonds is 6. The SMILES string of the molecule is [CH2-]C.[CH2-]COCCOCCS.[Y]. The number of hydrogen-bond donors (Lipinski definition) is 1. The fourth-order valence-corrected chi connectivity index (χ4v) is 0.516. The van der Waals surface area contributed by atoms with Gasteiger partial charge in [0.2, 0.25) is 0 Å². The summed E-state index contributed by atoms with van der Waals surface area (Å²) in [5.74, 6) is 0.768. The van der Waals surface area contributed by atoms with Gasteiger partial charge in [0.1, 0.15) is 0 Å². The predicted octanol–water partition coefficient (Wildman–Crippen LogP) is 1.62. The van der Waals surface area contributed by atoms with Crippen molar-refractivity contribution in [1.82, 2.24) is 0 Å². The second-order valence-electron chi connectivity index (χ2n) is 1.45. The van der Waals surface area contributed by atoms with Crippen LogP contribution in [0.5, 0.6) is 0 Å². The molecule has 0 saturated heterocycles. The second-order valence-corrected chi connectivity index (χ2v) is 1.90. The summed E-state index contributed by atoms with van der Waals surface area (Å²) < 4.78 is 9.97. The van der Waals surface area contributed by atoms with Gasteiger partial charge in [0.25, 0.3) is 0 Å². The fourth-order valence-electron chi connectivity index (χ4n) is 0.387.